The average Bonchev–Trinajstić information content (AvgIpc) is 3.02. The third-order valence-electron chi connectivity index (χ3n) is 5.04. The fraction of sp³-hybridized carbons (Fsp3) is 0.368. The summed E-state index contributed by atoms with van der Waals surface area (Å²) in [5.41, 5.74) is 5.57. The Morgan fingerprint density at radius 2 is 1.83 bits per heavy atom. The van der Waals surface area contributed by atoms with Gasteiger partial charge in [0.05, 0.1) is 16.5 Å². The fourth-order valence-electron chi connectivity index (χ4n) is 3.28. The number of carbonyl (C=O) groups is 2. The third-order valence-corrected chi connectivity index (χ3v) is 7.78. The molecular weight excluding hydrogens is 431 g/mol. The number of hydrogen-bond donors (Lipinski definition) is 2. The minimum absolute atomic E-state index is 0.0415. The summed E-state index contributed by atoms with van der Waals surface area (Å²) in [6.45, 7) is 3.15. The first-order chi connectivity index (χ1) is 14.2. The van der Waals surface area contributed by atoms with Crippen molar-refractivity contribution in [2.24, 2.45) is 5.73 Å². The first kappa shape index (κ1) is 22.3. The molecule has 1 atom stereocenters. The highest BCUT2D eigenvalue weighted by Crippen LogP contribution is 2.24. The van der Waals surface area contributed by atoms with Gasteiger partial charge in [0.2, 0.25) is 15.9 Å². The van der Waals surface area contributed by atoms with E-state index in [0.717, 1.165) is 12.1 Å². The second-order valence-corrected chi connectivity index (χ2v) is 9.79. The number of thiophene rings is 1. The molecule has 0 bridgehead atoms. The molecule has 1 unspecified atom stereocenters. The molecule has 0 aliphatic carbocycles. The smallest absolute Gasteiger partial charge is 0.251 e. The number of carbonyl (C=O) groups excluding carboxylic acids is 2. The van der Waals surface area contributed by atoms with Crippen LogP contribution in [-0.2, 0) is 14.8 Å². The quantitative estimate of drug-likeness (QED) is 0.690. The van der Waals surface area contributed by atoms with Gasteiger partial charge < -0.3 is 11.1 Å². The molecule has 0 saturated carbocycles. The molecular formula is C19H23FN4O4S2. The predicted octanol–water partition coefficient (Wildman–Crippen LogP) is 1.71. The number of nitrogens with zero attached hydrogens (tertiary/aromatic N) is 2. The summed E-state index contributed by atoms with van der Waals surface area (Å²) < 4.78 is 40.2. The molecule has 0 radical (unpaired) electrons. The van der Waals surface area contributed by atoms with Crippen LogP contribution >= 0.6 is 11.3 Å². The molecule has 2 amide bonds. The lowest BCUT2D eigenvalue weighted by molar-refractivity contribution is -0.120. The summed E-state index contributed by atoms with van der Waals surface area (Å²) in [7, 11) is -3.74. The molecule has 11 heteroatoms. The van der Waals surface area contributed by atoms with Gasteiger partial charge in [-0.1, -0.05) is 0 Å². The molecule has 1 aromatic carbocycles. The van der Waals surface area contributed by atoms with E-state index in [-0.39, 0.29) is 22.9 Å². The number of hydrogen-bond acceptors (Lipinski definition) is 6. The van der Waals surface area contributed by atoms with Crippen LogP contribution in [0.2, 0.25) is 0 Å². The average molecular weight is 455 g/mol. The van der Waals surface area contributed by atoms with Crippen molar-refractivity contribution in [3.05, 3.63) is 47.1 Å². The maximum absolute atomic E-state index is 13.1. The van der Waals surface area contributed by atoms with Gasteiger partial charge >= 0.3 is 0 Å². The van der Waals surface area contributed by atoms with Crippen molar-refractivity contribution in [3.8, 4) is 0 Å². The van der Waals surface area contributed by atoms with E-state index < -0.39 is 27.8 Å². The van der Waals surface area contributed by atoms with E-state index in [9.17, 15) is 22.4 Å². The van der Waals surface area contributed by atoms with Crippen molar-refractivity contribution < 1.29 is 22.4 Å². The predicted molar refractivity (Wildman–Crippen MR) is 112 cm³/mol. The van der Waals surface area contributed by atoms with E-state index in [1.165, 1.54) is 27.8 Å². The maximum Gasteiger partial charge on any atom is 0.251 e. The number of rotatable bonds is 6. The number of benzene rings is 1. The Kier molecular flexibility index (Phi) is 6.86. The van der Waals surface area contributed by atoms with Gasteiger partial charge in [0.15, 0.2) is 0 Å². The summed E-state index contributed by atoms with van der Waals surface area (Å²) in [6.07, 6.45) is 0.545. The van der Waals surface area contributed by atoms with Gasteiger partial charge in [0.25, 0.3) is 5.91 Å². The van der Waals surface area contributed by atoms with Crippen LogP contribution in [0.25, 0.3) is 0 Å². The van der Waals surface area contributed by atoms with Crippen molar-refractivity contribution in [3.63, 3.8) is 0 Å². The minimum Gasteiger partial charge on any atom is -0.366 e. The second kappa shape index (κ2) is 9.21. The Hall–Kier alpha value is -2.34. The molecule has 1 aromatic heterocycles. The van der Waals surface area contributed by atoms with E-state index in [1.807, 2.05) is 4.90 Å². The highest BCUT2D eigenvalue weighted by molar-refractivity contribution is 7.89. The van der Waals surface area contributed by atoms with Gasteiger partial charge in [-0.05, 0) is 49.1 Å². The van der Waals surface area contributed by atoms with Crippen molar-refractivity contribution >= 4 is 38.2 Å². The van der Waals surface area contributed by atoms with E-state index in [0.29, 0.717) is 31.1 Å². The lowest BCUT2D eigenvalue weighted by Crippen LogP contribution is -2.44. The van der Waals surface area contributed by atoms with E-state index >= 15 is 0 Å². The van der Waals surface area contributed by atoms with Gasteiger partial charge in [-0.2, -0.15) is 4.31 Å². The highest BCUT2D eigenvalue weighted by Gasteiger charge is 2.30. The lowest BCUT2D eigenvalue weighted by Gasteiger charge is -2.26. The van der Waals surface area contributed by atoms with Crippen molar-refractivity contribution in [2.45, 2.75) is 24.3 Å². The molecule has 2 aromatic rings. The van der Waals surface area contributed by atoms with Gasteiger partial charge in [-0.25, -0.2) is 12.8 Å². The van der Waals surface area contributed by atoms with Crippen LogP contribution in [0.1, 0.15) is 23.7 Å². The molecule has 1 saturated heterocycles. The standard InChI is InChI=1S/C19H23FN4O4S2/c1-13(18(26)22-19-16(17(21)25)7-12-29-19)23-8-2-9-24(11-10-23)30(27,28)15-5-3-14(20)4-6-15/h3-7,12-13H,2,8-11H2,1H3,(H2,21,25)(H,22,26). The van der Waals surface area contributed by atoms with Crippen LogP contribution in [0.3, 0.4) is 0 Å². The van der Waals surface area contributed by atoms with Crippen LogP contribution in [-0.4, -0.2) is 61.7 Å². The summed E-state index contributed by atoms with van der Waals surface area (Å²) in [5, 5.41) is 4.80. The van der Waals surface area contributed by atoms with Gasteiger partial charge in [0, 0.05) is 26.2 Å². The topological polar surface area (TPSA) is 113 Å². The van der Waals surface area contributed by atoms with Crippen molar-refractivity contribution in [1.29, 1.82) is 0 Å². The molecule has 8 nitrogen and oxygen atoms in total. The Morgan fingerprint density at radius 3 is 2.50 bits per heavy atom. The molecule has 3 rings (SSSR count). The lowest BCUT2D eigenvalue weighted by atomic mass is 10.2. The Morgan fingerprint density at radius 1 is 1.13 bits per heavy atom. The summed E-state index contributed by atoms with van der Waals surface area (Å²) in [4.78, 5) is 26.0. The Balaban J connectivity index is 1.65. The zero-order chi connectivity index (χ0) is 21.9. The zero-order valence-corrected chi connectivity index (χ0v) is 18.0. The minimum atomic E-state index is -3.74. The number of amides is 2. The second-order valence-electron chi connectivity index (χ2n) is 6.94. The number of halogens is 1. The summed E-state index contributed by atoms with van der Waals surface area (Å²) in [6, 6.07) is 5.77. The largest absolute Gasteiger partial charge is 0.366 e. The number of nitrogens with two attached hydrogens (primary N) is 1. The van der Waals surface area contributed by atoms with Crippen molar-refractivity contribution in [2.75, 3.05) is 31.5 Å². The molecule has 1 fully saturated rings. The van der Waals surface area contributed by atoms with Crippen LogP contribution in [0.4, 0.5) is 9.39 Å². The summed E-state index contributed by atoms with van der Waals surface area (Å²) >= 11 is 1.21. The summed E-state index contributed by atoms with van der Waals surface area (Å²) in [5.74, 6) is -1.41. The number of sulfonamides is 1. The maximum atomic E-state index is 13.1. The fourth-order valence-corrected chi connectivity index (χ4v) is 5.54. The SMILES string of the molecule is CC(C(=O)Nc1sccc1C(N)=O)N1CCCN(S(=O)(=O)c2ccc(F)cc2)CC1. The van der Waals surface area contributed by atoms with E-state index in [4.69, 9.17) is 5.73 Å². The molecule has 0 spiro atoms. The van der Waals surface area contributed by atoms with Crippen LogP contribution in [0, 0.1) is 5.82 Å². The van der Waals surface area contributed by atoms with Crippen LogP contribution in [0.15, 0.2) is 40.6 Å². The monoisotopic (exact) mass is 454 g/mol. The van der Waals surface area contributed by atoms with E-state index in [2.05, 4.69) is 5.32 Å². The number of nitrogens with one attached hydrogen (secondary N) is 1. The van der Waals surface area contributed by atoms with Crippen molar-refractivity contribution in [1.82, 2.24) is 9.21 Å². The van der Waals surface area contributed by atoms with Gasteiger partial charge in [-0.3, -0.25) is 14.5 Å². The molecule has 30 heavy (non-hydrogen) atoms. The molecule has 1 aliphatic rings. The highest BCUT2D eigenvalue weighted by atomic mass is 32.2. The normalized spacial score (nSPS) is 17.3. The molecule has 162 valence electrons. The van der Waals surface area contributed by atoms with Gasteiger partial charge in [0.1, 0.15) is 10.8 Å². The number of anilines is 1. The molecule has 2 heterocycles. The molecule has 3 N–H and O–H groups in total. The van der Waals surface area contributed by atoms with Crippen LogP contribution < -0.4 is 11.1 Å². The van der Waals surface area contributed by atoms with E-state index in [1.54, 1.807) is 18.4 Å². The van der Waals surface area contributed by atoms with Crippen LogP contribution in [0.5, 0.6) is 0 Å². The Bertz CT molecular complexity index is 1020. The number of primary amides is 1. The van der Waals surface area contributed by atoms with Gasteiger partial charge in [-0.15, -0.1) is 11.3 Å². The third kappa shape index (κ3) is 4.86. The first-order valence-electron chi connectivity index (χ1n) is 9.38. The molecule has 1 aliphatic heterocycles. The Labute approximate surface area is 178 Å². The first-order valence-corrected chi connectivity index (χ1v) is 11.7. The zero-order valence-electron chi connectivity index (χ0n) is 16.4.